The molecule has 2 heterocycles. The Hall–Kier alpha value is -2.65. The minimum atomic E-state index is -1.13. The van der Waals surface area contributed by atoms with Crippen LogP contribution in [0.4, 0.5) is 8.78 Å². The third kappa shape index (κ3) is 4.55. The fraction of sp³-hybridized carbons (Fsp3) is 0.167. The summed E-state index contributed by atoms with van der Waals surface area (Å²) in [7, 11) is 1.40. The van der Waals surface area contributed by atoms with Gasteiger partial charge in [-0.2, -0.15) is 0 Å². The average Bonchev–Trinajstić information content (AvgIpc) is 3.33. The highest BCUT2D eigenvalue weighted by atomic mass is 32.1. The number of carbonyl (C=O) groups is 2. The monoisotopic (exact) mass is 407 g/mol. The fourth-order valence-electron chi connectivity index (χ4n) is 2.41. The molecular weight excluding hydrogens is 392 g/mol. The van der Waals surface area contributed by atoms with Gasteiger partial charge in [-0.05, 0) is 29.1 Å². The third-order valence-electron chi connectivity index (χ3n) is 3.72. The fourth-order valence-corrected chi connectivity index (χ4v) is 4.05. The Morgan fingerprint density at radius 2 is 2.00 bits per heavy atom. The highest BCUT2D eigenvalue weighted by molar-refractivity contribution is 7.20. The Labute approximate surface area is 162 Å². The van der Waals surface area contributed by atoms with Crippen LogP contribution in [0.2, 0.25) is 0 Å². The number of likely N-dealkylation sites (N-methyl/N-ethyl adjacent to an activating group) is 1. The summed E-state index contributed by atoms with van der Waals surface area (Å²) in [4.78, 5) is 29.9. The van der Waals surface area contributed by atoms with Gasteiger partial charge in [-0.25, -0.2) is 13.8 Å². The van der Waals surface area contributed by atoms with Crippen molar-refractivity contribution in [1.29, 1.82) is 0 Å². The first-order valence-electron chi connectivity index (χ1n) is 7.92. The topological polar surface area (TPSA) is 71.1 Å². The van der Waals surface area contributed by atoms with Crippen molar-refractivity contribution >= 4 is 34.5 Å². The predicted molar refractivity (Wildman–Crippen MR) is 100 cm³/mol. The summed E-state index contributed by atoms with van der Waals surface area (Å²) in [5.74, 6) is -3.09. The lowest BCUT2D eigenvalue weighted by Crippen LogP contribution is -2.39. The number of hydrogen-bond donors (Lipinski definition) is 2. The molecule has 0 fully saturated rings. The quantitative estimate of drug-likeness (QED) is 0.659. The van der Waals surface area contributed by atoms with E-state index in [4.69, 9.17) is 0 Å². The number of halogens is 2. The highest BCUT2D eigenvalue weighted by Gasteiger charge is 2.23. The van der Waals surface area contributed by atoms with Gasteiger partial charge in [0.25, 0.3) is 0 Å². The molecule has 2 aromatic heterocycles. The summed E-state index contributed by atoms with van der Waals surface area (Å²) in [6.07, 6.45) is -0.0287. The molecule has 2 amide bonds. The zero-order valence-corrected chi connectivity index (χ0v) is 15.8. The van der Waals surface area contributed by atoms with Crippen molar-refractivity contribution in [2.45, 2.75) is 12.5 Å². The predicted octanol–water partition coefficient (Wildman–Crippen LogP) is 3.30. The summed E-state index contributed by atoms with van der Waals surface area (Å²) in [5.41, 5.74) is 0.723. The molecule has 3 aromatic rings. The number of thiophene rings is 1. The van der Waals surface area contributed by atoms with Crippen LogP contribution in [0.5, 0.6) is 0 Å². The Balaban J connectivity index is 1.73. The van der Waals surface area contributed by atoms with Gasteiger partial charge in [0, 0.05) is 12.4 Å². The van der Waals surface area contributed by atoms with E-state index in [0.717, 1.165) is 22.0 Å². The van der Waals surface area contributed by atoms with Crippen molar-refractivity contribution in [3.8, 4) is 9.88 Å². The normalized spacial score (nSPS) is 11.8. The third-order valence-corrected chi connectivity index (χ3v) is 5.65. The van der Waals surface area contributed by atoms with Crippen LogP contribution >= 0.6 is 22.7 Å². The lowest BCUT2D eigenvalue weighted by Gasteiger charge is -2.17. The molecule has 0 aliphatic carbocycles. The summed E-state index contributed by atoms with van der Waals surface area (Å²) < 4.78 is 26.6. The van der Waals surface area contributed by atoms with Gasteiger partial charge in [0.1, 0.15) is 11.0 Å². The second-order valence-corrected chi connectivity index (χ2v) is 7.39. The first-order chi connectivity index (χ1) is 13.0. The molecule has 1 aromatic carbocycles. The molecule has 0 aliphatic rings. The SMILES string of the molecule is CNC(=O)C(NC(=O)Cc1csc(-c2cccs2)n1)c1ccc(F)c(F)c1. The van der Waals surface area contributed by atoms with Gasteiger partial charge in [0.2, 0.25) is 11.8 Å². The van der Waals surface area contributed by atoms with E-state index in [0.29, 0.717) is 5.69 Å². The standard InChI is InChI=1S/C18H15F2N3O2S2/c1-21-17(25)16(10-4-5-12(19)13(20)7-10)23-15(24)8-11-9-27-18(22-11)14-3-2-6-26-14/h2-7,9,16H,8H2,1H3,(H,21,25)(H,23,24). The average molecular weight is 407 g/mol. The number of thiazole rings is 1. The molecule has 0 spiro atoms. The van der Waals surface area contributed by atoms with Crippen LogP contribution in [0, 0.1) is 11.6 Å². The Bertz CT molecular complexity index is 957. The maximum atomic E-state index is 13.5. The Morgan fingerprint density at radius 1 is 1.19 bits per heavy atom. The van der Waals surface area contributed by atoms with Gasteiger partial charge >= 0.3 is 0 Å². The van der Waals surface area contributed by atoms with E-state index < -0.39 is 29.5 Å². The van der Waals surface area contributed by atoms with E-state index in [1.54, 1.807) is 16.7 Å². The summed E-state index contributed by atoms with van der Waals surface area (Å²) in [5, 5.41) is 9.50. The minimum Gasteiger partial charge on any atom is -0.357 e. The molecule has 9 heteroatoms. The molecule has 2 N–H and O–H groups in total. The molecule has 1 atom stereocenters. The molecule has 0 saturated heterocycles. The van der Waals surface area contributed by atoms with Crippen LogP contribution in [0.1, 0.15) is 17.3 Å². The van der Waals surface area contributed by atoms with Crippen LogP contribution in [0.25, 0.3) is 9.88 Å². The molecule has 0 radical (unpaired) electrons. The van der Waals surface area contributed by atoms with Crippen LogP contribution in [-0.2, 0) is 16.0 Å². The zero-order chi connectivity index (χ0) is 19.4. The highest BCUT2D eigenvalue weighted by Crippen LogP contribution is 2.28. The van der Waals surface area contributed by atoms with Gasteiger partial charge in [0.15, 0.2) is 11.6 Å². The van der Waals surface area contributed by atoms with E-state index in [-0.39, 0.29) is 12.0 Å². The van der Waals surface area contributed by atoms with Crippen molar-refractivity contribution in [2.24, 2.45) is 0 Å². The first kappa shape index (κ1) is 19.1. The van der Waals surface area contributed by atoms with Gasteiger partial charge < -0.3 is 10.6 Å². The van der Waals surface area contributed by atoms with Crippen LogP contribution in [0.15, 0.2) is 41.1 Å². The first-order valence-corrected chi connectivity index (χ1v) is 9.68. The van der Waals surface area contributed by atoms with Crippen LogP contribution in [-0.4, -0.2) is 23.8 Å². The number of amides is 2. The molecule has 0 aliphatic heterocycles. The second kappa shape index (κ2) is 8.36. The number of benzene rings is 1. The second-order valence-electron chi connectivity index (χ2n) is 5.59. The van der Waals surface area contributed by atoms with Gasteiger partial charge in [-0.3, -0.25) is 9.59 Å². The van der Waals surface area contributed by atoms with E-state index in [2.05, 4.69) is 15.6 Å². The van der Waals surface area contributed by atoms with Crippen molar-refractivity contribution in [1.82, 2.24) is 15.6 Å². The summed E-state index contributed by atoms with van der Waals surface area (Å²) in [6, 6.07) is 5.80. The lowest BCUT2D eigenvalue weighted by atomic mass is 10.1. The maximum Gasteiger partial charge on any atom is 0.246 e. The van der Waals surface area contributed by atoms with Gasteiger partial charge in [-0.1, -0.05) is 12.1 Å². The van der Waals surface area contributed by atoms with Crippen molar-refractivity contribution in [3.63, 3.8) is 0 Å². The number of nitrogens with one attached hydrogen (secondary N) is 2. The Morgan fingerprint density at radius 3 is 2.67 bits per heavy atom. The molecule has 0 bridgehead atoms. The largest absolute Gasteiger partial charge is 0.357 e. The van der Waals surface area contributed by atoms with Crippen molar-refractivity contribution < 1.29 is 18.4 Å². The smallest absolute Gasteiger partial charge is 0.246 e. The molecular formula is C18H15F2N3O2S2. The van der Waals surface area contributed by atoms with Crippen LogP contribution in [0.3, 0.4) is 0 Å². The minimum absolute atomic E-state index is 0.0287. The van der Waals surface area contributed by atoms with E-state index >= 15 is 0 Å². The number of aromatic nitrogens is 1. The number of rotatable bonds is 6. The van der Waals surface area contributed by atoms with E-state index in [1.807, 2.05) is 17.5 Å². The van der Waals surface area contributed by atoms with Crippen molar-refractivity contribution in [2.75, 3.05) is 7.05 Å². The number of nitrogens with zero attached hydrogens (tertiary/aromatic N) is 1. The number of hydrogen-bond acceptors (Lipinski definition) is 5. The molecule has 5 nitrogen and oxygen atoms in total. The lowest BCUT2D eigenvalue weighted by molar-refractivity contribution is -0.128. The molecule has 1 unspecified atom stereocenters. The van der Waals surface area contributed by atoms with Gasteiger partial charge in [0.05, 0.1) is 17.0 Å². The molecule has 3 rings (SSSR count). The molecule has 140 valence electrons. The van der Waals surface area contributed by atoms with Gasteiger partial charge in [-0.15, -0.1) is 22.7 Å². The van der Waals surface area contributed by atoms with E-state index in [9.17, 15) is 18.4 Å². The van der Waals surface area contributed by atoms with E-state index in [1.165, 1.54) is 24.5 Å². The Kier molecular flexibility index (Phi) is 5.92. The molecule has 27 heavy (non-hydrogen) atoms. The zero-order valence-electron chi connectivity index (χ0n) is 14.2. The molecule has 0 saturated carbocycles. The summed E-state index contributed by atoms with van der Waals surface area (Å²) >= 11 is 2.98. The maximum absolute atomic E-state index is 13.5. The summed E-state index contributed by atoms with van der Waals surface area (Å²) in [6.45, 7) is 0. The van der Waals surface area contributed by atoms with Crippen LogP contribution < -0.4 is 10.6 Å². The number of carbonyl (C=O) groups excluding carboxylic acids is 2. The van der Waals surface area contributed by atoms with Crippen molar-refractivity contribution in [3.05, 3.63) is 64.0 Å².